The molecule has 0 aliphatic carbocycles. The average Bonchev–Trinajstić information content (AvgIpc) is 4.11. The highest BCUT2D eigenvalue weighted by molar-refractivity contribution is 7.25. The Kier molecular flexibility index (Phi) is 22.2. The van der Waals surface area contributed by atoms with E-state index in [-0.39, 0.29) is 11.4 Å². The summed E-state index contributed by atoms with van der Waals surface area (Å²) in [6.07, 6.45) is 26.0. The molecule has 5 aromatic heterocycles. The molecule has 11 heteroatoms. The van der Waals surface area contributed by atoms with E-state index in [2.05, 4.69) is 56.9 Å². The van der Waals surface area contributed by atoms with Gasteiger partial charge in [-0.2, -0.15) is 18.3 Å². The first-order chi connectivity index (χ1) is 31.9. The third-order valence-corrected chi connectivity index (χ3v) is 16.4. The Balaban J connectivity index is 1.85. The van der Waals surface area contributed by atoms with Gasteiger partial charge in [-0.15, -0.1) is 34.0 Å². The smallest absolute Gasteiger partial charge is 0.402 e. The van der Waals surface area contributed by atoms with Crippen molar-refractivity contribution in [2.75, 3.05) is 0 Å². The zero-order valence-electron chi connectivity index (χ0n) is 41.0. The largest absolute Gasteiger partial charge is 0.432 e. The minimum Gasteiger partial charge on any atom is -0.402 e. The van der Waals surface area contributed by atoms with Crippen LogP contribution >= 0.6 is 34.0 Å². The Morgan fingerprint density at radius 1 is 0.591 bits per heavy atom. The second-order valence-electron chi connectivity index (χ2n) is 18.4. The fraction of sp³-hybridized carbons (Fsp3) is 0.582. The van der Waals surface area contributed by atoms with E-state index < -0.39 is 11.9 Å². The molecule has 0 aliphatic heterocycles. The summed E-state index contributed by atoms with van der Waals surface area (Å²) in [5, 5.41) is 15.4. The molecule has 0 unspecified atom stereocenters. The minimum atomic E-state index is -4.59. The zero-order valence-corrected chi connectivity index (χ0v) is 43.4. The maximum atomic E-state index is 14.0. The van der Waals surface area contributed by atoms with E-state index in [0.29, 0.717) is 17.1 Å². The average molecular weight is 962 g/mol. The number of alkyl halides is 3. The fourth-order valence-corrected chi connectivity index (χ4v) is 13.0. The minimum absolute atomic E-state index is 0.0915. The van der Waals surface area contributed by atoms with Crippen molar-refractivity contribution in [2.45, 2.75) is 208 Å². The molecule has 0 amide bonds. The van der Waals surface area contributed by atoms with Gasteiger partial charge in [-0.3, -0.25) is 10.5 Å². The van der Waals surface area contributed by atoms with Crippen molar-refractivity contribution in [2.24, 2.45) is 5.73 Å². The number of nitrogens with zero attached hydrogens (tertiary/aromatic N) is 2. The second-order valence-corrected chi connectivity index (χ2v) is 21.7. The van der Waals surface area contributed by atoms with E-state index in [4.69, 9.17) is 16.1 Å². The lowest BCUT2D eigenvalue weighted by molar-refractivity contribution is -0.141. The Morgan fingerprint density at radius 3 is 1.59 bits per heavy atom. The van der Waals surface area contributed by atoms with Crippen LogP contribution in [0.4, 0.5) is 13.2 Å². The molecule has 5 aromatic rings. The molecule has 0 saturated carbocycles. The van der Waals surface area contributed by atoms with Gasteiger partial charge in [0.25, 0.3) is 0 Å². The van der Waals surface area contributed by atoms with E-state index in [1.165, 1.54) is 137 Å². The molecule has 0 aliphatic rings. The quantitative estimate of drug-likeness (QED) is 0.0305. The van der Waals surface area contributed by atoms with Crippen molar-refractivity contribution < 1.29 is 13.2 Å². The maximum Gasteiger partial charge on any atom is 0.432 e. The Labute approximate surface area is 407 Å². The highest BCUT2D eigenvalue weighted by Crippen LogP contribution is 2.54. The normalized spacial score (nSPS) is 12.2. The van der Waals surface area contributed by atoms with E-state index in [1.807, 2.05) is 46.1 Å². The summed E-state index contributed by atoms with van der Waals surface area (Å²) in [4.78, 5) is 12.9. The number of nitrogens with two attached hydrogens (primary N) is 1. The van der Waals surface area contributed by atoms with Crippen LogP contribution in [0.3, 0.4) is 0 Å². The van der Waals surface area contributed by atoms with Gasteiger partial charge < -0.3 is 5.73 Å². The summed E-state index contributed by atoms with van der Waals surface area (Å²) in [6.45, 7) is 13.1. The van der Waals surface area contributed by atoms with Crippen molar-refractivity contribution in [3.05, 3.63) is 79.9 Å². The lowest BCUT2D eigenvalue weighted by atomic mass is 9.93. The molecule has 0 fully saturated rings. The number of unbranched alkanes of at least 4 members (excludes halogenated alkanes) is 15. The number of hydrogen-bond acceptors (Lipinski definition) is 7. The third-order valence-electron chi connectivity index (χ3n) is 12.5. The number of pyridine rings is 1. The van der Waals surface area contributed by atoms with Crippen LogP contribution in [0.1, 0.15) is 208 Å². The molecular formula is C55H78F3N5S3. The third kappa shape index (κ3) is 15.5. The van der Waals surface area contributed by atoms with Crippen molar-refractivity contribution in [1.82, 2.24) is 15.2 Å². The van der Waals surface area contributed by atoms with Crippen LogP contribution in [-0.2, 0) is 38.3 Å². The Morgan fingerprint density at radius 2 is 1.09 bits per heavy atom. The van der Waals surface area contributed by atoms with E-state index >= 15 is 0 Å². The van der Waals surface area contributed by atoms with Gasteiger partial charge in [0, 0.05) is 35.6 Å². The monoisotopic (exact) mass is 962 g/mol. The van der Waals surface area contributed by atoms with Gasteiger partial charge in [-0.1, -0.05) is 131 Å². The van der Waals surface area contributed by atoms with Gasteiger partial charge in [0.05, 0.1) is 22.0 Å². The van der Waals surface area contributed by atoms with Gasteiger partial charge in [0.2, 0.25) is 0 Å². The number of aryl methyl sites for hydroxylation is 4. The second kappa shape index (κ2) is 27.5. The number of aromatic nitrogens is 3. The number of hydrogen-bond donors (Lipinski definition) is 3. The van der Waals surface area contributed by atoms with Crippen LogP contribution in [-0.4, -0.2) is 20.9 Å². The predicted octanol–water partition coefficient (Wildman–Crippen LogP) is 18.5. The van der Waals surface area contributed by atoms with Gasteiger partial charge in [-0.05, 0) is 130 Å². The van der Waals surface area contributed by atoms with Crippen LogP contribution in [0.2, 0.25) is 0 Å². The van der Waals surface area contributed by atoms with Crippen LogP contribution < -0.4 is 5.73 Å². The molecule has 0 aromatic carbocycles. The highest BCUT2D eigenvalue weighted by Gasteiger charge is 2.34. The van der Waals surface area contributed by atoms with Crippen LogP contribution in [0, 0.1) is 5.41 Å². The molecule has 0 saturated heterocycles. The van der Waals surface area contributed by atoms with Gasteiger partial charge >= 0.3 is 6.18 Å². The van der Waals surface area contributed by atoms with Crippen LogP contribution in [0.25, 0.3) is 42.0 Å². The summed E-state index contributed by atoms with van der Waals surface area (Å²) < 4.78 is 41.9. The van der Waals surface area contributed by atoms with Gasteiger partial charge in [-0.25, -0.2) is 4.98 Å². The topological polar surface area (TPSA) is 91.4 Å². The molecule has 4 N–H and O–H groups in total. The van der Waals surface area contributed by atoms with E-state index in [9.17, 15) is 13.2 Å². The predicted molar refractivity (Wildman–Crippen MR) is 281 cm³/mol. The SMILES string of the molecule is CCCCCCc1cc(CCCCCC)c(-c2sc(-c3cc(C(=N)C=C(C)N)nc(-c4cc(C(F)(F)F)[nH]n4)c3)c(CCCCCC)c2-c2sc(CCCCCC)cc2CCCCCC)s1. The number of halogens is 3. The number of H-pyrrole nitrogens is 1. The van der Waals surface area contributed by atoms with Gasteiger partial charge in [0.15, 0.2) is 0 Å². The molecule has 0 spiro atoms. The number of thiophene rings is 3. The van der Waals surface area contributed by atoms with Gasteiger partial charge in [0.1, 0.15) is 11.4 Å². The number of rotatable bonds is 31. The molecule has 0 bridgehead atoms. The van der Waals surface area contributed by atoms with Crippen molar-refractivity contribution in [1.29, 1.82) is 5.41 Å². The molecule has 0 radical (unpaired) electrons. The molecule has 5 nitrogen and oxygen atoms in total. The first-order valence-electron chi connectivity index (χ1n) is 25.5. The Bertz CT molecular complexity index is 2270. The summed E-state index contributed by atoms with van der Waals surface area (Å²) in [6, 6.07) is 9.95. The number of allylic oxidation sites excluding steroid dienone is 2. The van der Waals surface area contributed by atoms with Crippen LogP contribution in [0.5, 0.6) is 0 Å². The van der Waals surface area contributed by atoms with Crippen molar-refractivity contribution in [3.63, 3.8) is 0 Å². The summed E-state index contributed by atoms with van der Waals surface area (Å²) >= 11 is 5.85. The molecule has 0 atom stereocenters. The van der Waals surface area contributed by atoms with Crippen molar-refractivity contribution >= 4 is 39.7 Å². The lowest BCUT2D eigenvalue weighted by Crippen LogP contribution is -2.05. The molecular weight excluding hydrogens is 884 g/mol. The Hall–Kier alpha value is -3.54. The lowest BCUT2D eigenvalue weighted by Gasteiger charge is -2.13. The molecule has 362 valence electrons. The number of aromatic amines is 1. The highest BCUT2D eigenvalue weighted by atomic mass is 32.1. The first-order valence-corrected chi connectivity index (χ1v) is 27.9. The molecule has 66 heavy (non-hydrogen) atoms. The summed E-state index contributed by atoms with van der Waals surface area (Å²) in [5.41, 5.74) is 12.9. The zero-order chi connectivity index (χ0) is 47.5. The van der Waals surface area contributed by atoms with E-state index in [0.717, 1.165) is 87.1 Å². The summed E-state index contributed by atoms with van der Waals surface area (Å²) in [7, 11) is 0. The van der Waals surface area contributed by atoms with Crippen LogP contribution in [0.15, 0.2) is 42.1 Å². The maximum absolute atomic E-state index is 14.0. The molecule has 5 rings (SSSR count). The summed E-state index contributed by atoms with van der Waals surface area (Å²) in [5.74, 6) is 0. The standard InChI is InChI=1S/C55H78F3N5S3/c1-7-12-17-22-27-39-33-42(29-24-19-14-9-3)64-52(39)50-44(31-26-21-16-11-5)51(66-54(50)53-40(28-23-18-13-8-2)34-43(65-53)30-25-20-15-10-4)41-35-46(45(60)32-38(6)59)61-47(36-41)48-37-49(63-62-48)55(56,57)58/h32-37,60H,7-31,59H2,1-6H3,(H,62,63). The fourth-order valence-electron chi connectivity index (χ4n) is 8.83. The first kappa shape index (κ1) is 53.4. The van der Waals surface area contributed by atoms with E-state index in [1.54, 1.807) is 13.0 Å². The molecule has 5 heterocycles. The van der Waals surface area contributed by atoms with Crippen molar-refractivity contribution in [3.8, 4) is 42.0 Å². The number of nitrogens with one attached hydrogen (secondary N) is 2.